The first-order chi connectivity index (χ1) is 10.0. The molecule has 1 N–H and O–H groups in total. The van der Waals surface area contributed by atoms with Gasteiger partial charge in [-0.25, -0.2) is 4.39 Å². The number of likely N-dealkylation sites (N-methyl/N-ethyl adjacent to an activating group) is 1. The molecule has 0 aliphatic carbocycles. The molecule has 2 aromatic rings. The van der Waals surface area contributed by atoms with Gasteiger partial charge >= 0.3 is 0 Å². The molecule has 1 nitrogen and oxygen atoms in total. The Bertz CT molecular complexity index is 636. The van der Waals surface area contributed by atoms with E-state index < -0.39 is 0 Å². The highest BCUT2D eigenvalue weighted by Crippen LogP contribution is 2.28. The lowest BCUT2D eigenvalue weighted by atomic mass is 9.98. The minimum absolute atomic E-state index is 0.112. The maximum atomic E-state index is 13.3. The fourth-order valence-corrected chi connectivity index (χ4v) is 3.83. The Morgan fingerprint density at radius 1 is 1.29 bits per heavy atom. The van der Waals surface area contributed by atoms with E-state index in [1.165, 1.54) is 6.07 Å². The van der Waals surface area contributed by atoms with Crippen molar-refractivity contribution >= 4 is 50.1 Å². The Labute approximate surface area is 151 Å². The topological polar surface area (TPSA) is 12.0 Å². The summed E-state index contributed by atoms with van der Waals surface area (Å²) in [5.41, 5.74) is 2.17. The second-order valence-corrected chi connectivity index (χ2v) is 7.20. The minimum Gasteiger partial charge on any atom is -0.310 e. The van der Waals surface area contributed by atoms with E-state index in [1.807, 2.05) is 24.3 Å². The second-order valence-electron chi connectivity index (χ2n) is 4.72. The van der Waals surface area contributed by atoms with Crippen LogP contribution in [0.15, 0.2) is 40.9 Å². The molecule has 5 heteroatoms. The summed E-state index contributed by atoms with van der Waals surface area (Å²) >= 11 is 11.9. The molecule has 112 valence electrons. The zero-order valence-corrected chi connectivity index (χ0v) is 16.0. The molecule has 0 heterocycles. The summed E-state index contributed by atoms with van der Waals surface area (Å²) in [6.07, 6.45) is 0.765. The van der Waals surface area contributed by atoms with Crippen LogP contribution in [-0.4, -0.2) is 6.54 Å². The Kier molecular flexibility index (Phi) is 6.47. The van der Waals surface area contributed by atoms with Gasteiger partial charge in [-0.15, -0.1) is 0 Å². The quantitative estimate of drug-likeness (QED) is 0.536. The van der Waals surface area contributed by atoms with Crippen LogP contribution >= 0.6 is 50.1 Å². The smallest absolute Gasteiger partial charge is 0.124 e. The number of hydrogen-bond acceptors (Lipinski definition) is 1. The lowest BCUT2D eigenvalue weighted by molar-refractivity contribution is 0.545. The maximum Gasteiger partial charge on any atom is 0.124 e. The normalized spacial score (nSPS) is 12.4. The lowest BCUT2D eigenvalue weighted by Gasteiger charge is -2.20. The van der Waals surface area contributed by atoms with Gasteiger partial charge in [0.1, 0.15) is 5.82 Å². The molecule has 1 unspecified atom stereocenters. The third-order valence-electron chi connectivity index (χ3n) is 3.23. The highest BCUT2D eigenvalue weighted by molar-refractivity contribution is 14.1. The molecule has 0 aromatic heterocycles. The summed E-state index contributed by atoms with van der Waals surface area (Å²) < 4.78 is 15.2. The predicted molar refractivity (Wildman–Crippen MR) is 98.4 cm³/mol. The van der Waals surface area contributed by atoms with Gasteiger partial charge in [0.05, 0.1) is 0 Å². The van der Waals surface area contributed by atoms with Gasteiger partial charge < -0.3 is 5.32 Å². The van der Waals surface area contributed by atoms with Crippen molar-refractivity contribution < 1.29 is 4.39 Å². The molecular weight excluding hydrogens is 467 g/mol. The Morgan fingerprint density at radius 3 is 2.67 bits per heavy atom. The Morgan fingerprint density at radius 2 is 2.05 bits per heavy atom. The Balaban J connectivity index is 2.30. The number of hydrogen-bond donors (Lipinski definition) is 1. The maximum absolute atomic E-state index is 13.3. The largest absolute Gasteiger partial charge is 0.310 e. The van der Waals surface area contributed by atoms with Gasteiger partial charge in [-0.2, -0.15) is 0 Å². The van der Waals surface area contributed by atoms with E-state index in [0.717, 1.165) is 37.2 Å². The summed E-state index contributed by atoms with van der Waals surface area (Å²) in [5.74, 6) is -0.208. The van der Waals surface area contributed by atoms with E-state index in [9.17, 15) is 4.39 Å². The molecule has 21 heavy (non-hydrogen) atoms. The Hall–Kier alpha value is -0.170. The van der Waals surface area contributed by atoms with Crippen LogP contribution in [0.1, 0.15) is 24.1 Å². The zero-order valence-electron chi connectivity index (χ0n) is 11.5. The standard InChI is InChI=1S/C16H15BrClFIN/c1-2-21-16(13-6-5-12(19)9-15(13)20)7-10-3-4-11(17)8-14(10)18/h3-6,8-9,16,21H,2,7H2,1H3. The highest BCUT2D eigenvalue weighted by atomic mass is 127. The molecule has 0 spiro atoms. The predicted octanol–water partition coefficient (Wildman–Crippen LogP) is 5.74. The number of halogens is 4. The van der Waals surface area contributed by atoms with Crippen LogP contribution in [0.4, 0.5) is 4.39 Å². The number of benzene rings is 2. The van der Waals surface area contributed by atoms with Crippen LogP contribution in [0.5, 0.6) is 0 Å². The SMILES string of the molecule is CCNC(Cc1ccc(Br)cc1Cl)c1ccc(F)cc1I. The molecular formula is C16H15BrClFIN. The van der Waals surface area contributed by atoms with Gasteiger partial charge in [0, 0.05) is 19.1 Å². The van der Waals surface area contributed by atoms with Crippen molar-refractivity contribution in [2.75, 3.05) is 6.54 Å². The van der Waals surface area contributed by atoms with Crippen LogP contribution < -0.4 is 5.32 Å². The molecule has 0 fully saturated rings. The van der Waals surface area contributed by atoms with Crippen molar-refractivity contribution in [3.63, 3.8) is 0 Å². The van der Waals surface area contributed by atoms with Gasteiger partial charge in [-0.3, -0.25) is 0 Å². The molecule has 0 bridgehead atoms. The first-order valence-electron chi connectivity index (χ1n) is 6.63. The molecule has 0 aliphatic heterocycles. The van der Waals surface area contributed by atoms with Gasteiger partial charge in [0.25, 0.3) is 0 Å². The number of rotatable bonds is 5. The lowest BCUT2D eigenvalue weighted by Crippen LogP contribution is -2.24. The van der Waals surface area contributed by atoms with Crippen LogP contribution in [0.25, 0.3) is 0 Å². The average Bonchev–Trinajstić information content (AvgIpc) is 2.41. The fourth-order valence-electron chi connectivity index (χ4n) is 2.23. The van der Waals surface area contributed by atoms with Gasteiger partial charge in [0.2, 0.25) is 0 Å². The minimum atomic E-state index is -0.208. The molecule has 0 radical (unpaired) electrons. The van der Waals surface area contributed by atoms with Gasteiger partial charge in [-0.1, -0.05) is 46.6 Å². The van der Waals surface area contributed by atoms with E-state index in [2.05, 4.69) is 50.8 Å². The van der Waals surface area contributed by atoms with E-state index in [4.69, 9.17) is 11.6 Å². The van der Waals surface area contributed by atoms with Gasteiger partial charge in [0.15, 0.2) is 0 Å². The molecule has 2 aromatic carbocycles. The molecule has 2 rings (SSSR count). The molecule has 0 saturated heterocycles. The number of nitrogens with one attached hydrogen (secondary N) is 1. The van der Waals surface area contributed by atoms with Crippen molar-refractivity contribution in [1.82, 2.24) is 5.32 Å². The van der Waals surface area contributed by atoms with Crippen molar-refractivity contribution in [2.24, 2.45) is 0 Å². The first kappa shape index (κ1) is 17.2. The molecule has 0 saturated carbocycles. The monoisotopic (exact) mass is 481 g/mol. The average molecular weight is 483 g/mol. The van der Waals surface area contributed by atoms with E-state index >= 15 is 0 Å². The second kappa shape index (κ2) is 7.90. The molecule has 1 atom stereocenters. The van der Waals surface area contributed by atoms with Crippen molar-refractivity contribution in [3.8, 4) is 0 Å². The van der Waals surface area contributed by atoms with Crippen molar-refractivity contribution in [1.29, 1.82) is 0 Å². The van der Waals surface area contributed by atoms with Crippen LogP contribution in [0, 0.1) is 9.39 Å². The van der Waals surface area contributed by atoms with Gasteiger partial charge in [-0.05, 0) is 70.9 Å². The molecule has 0 aliphatic rings. The van der Waals surface area contributed by atoms with Crippen LogP contribution in [0.2, 0.25) is 5.02 Å². The summed E-state index contributed by atoms with van der Waals surface area (Å²) in [6.45, 7) is 2.90. The summed E-state index contributed by atoms with van der Waals surface area (Å²) in [6, 6.07) is 10.9. The van der Waals surface area contributed by atoms with E-state index in [1.54, 1.807) is 6.07 Å². The summed E-state index contributed by atoms with van der Waals surface area (Å²) in [5, 5.41) is 4.19. The van der Waals surface area contributed by atoms with Crippen LogP contribution in [-0.2, 0) is 6.42 Å². The van der Waals surface area contributed by atoms with Crippen LogP contribution in [0.3, 0.4) is 0 Å². The first-order valence-corrected chi connectivity index (χ1v) is 8.88. The summed E-state index contributed by atoms with van der Waals surface area (Å²) in [7, 11) is 0. The van der Waals surface area contributed by atoms with Crippen molar-refractivity contribution in [3.05, 3.63) is 66.4 Å². The molecule has 0 amide bonds. The van der Waals surface area contributed by atoms with Crippen molar-refractivity contribution in [2.45, 2.75) is 19.4 Å². The highest BCUT2D eigenvalue weighted by Gasteiger charge is 2.16. The third kappa shape index (κ3) is 4.65. The summed E-state index contributed by atoms with van der Waals surface area (Å²) in [4.78, 5) is 0. The third-order valence-corrected chi connectivity index (χ3v) is 5.01. The van der Waals surface area contributed by atoms with E-state index in [0.29, 0.717) is 0 Å². The van der Waals surface area contributed by atoms with E-state index in [-0.39, 0.29) is 11.9 Å². The fraction of sp³-hybridized carbons (Fsp3) is 0.250. The zero-order chi connectivity index (χ0) is 15.4.